The van der Waals surface area contributed by atoms with E-state index in [1.165, 1.54) is 10.6 Å². The van der Waals surface area contributed by atoms with Crippen LogP contribution in [0.1, 0.15) is 20.8 Å². The first-order valence-electron chi connectivity index (χ1n) is 5.63. The van der Waals surface area contributed by atoms with Gasteiger partial charge < -0.3 is 5.11 Å². The van der Waals surface area contributed by atoms with Gasteiger partial charge in [0, 0.05) is 32.2 Å². The Labute approximate surface area is 99.1 Å². The van der Waals surface area contributed by atoms with Crippen LogP contribution in [0.15, 0.2) is 0 Å². The molecule has 0 aliphatic carbocycles. The predicted octanol–water partition coefficient (Wildman–Crippen LogP) is -0.0294. The molecule has 0 spiro atoms. The van der Waals surface area contributed by atoms with Gasteiger partial charge in [-0.3, -0.25) is 4.90 Å². The maximum absolute atomic E-state index is 11.4. The zero-order valence-electron chi connectivity index (χ0n) is 10.7. The van der Waals surface area contributed by atoms with Crippen LogP contribution in [0.2, 0.25) is 0 Å². The van der Waals surface area contributed by atoms with E-state index in [1.54, 1.807) is 0 Å². The second-order valence-corrected chi connectivity index (χ2v) is 6.09. The van der Waals surface area contributed by atoms with Gasteiger partial charge in [-0.2, -0.15) is 0 Å². The molecule has 16 heavy (non-hydrogen) atoms. The number of rotatable bonds is 8. The predicted molar refractivity (Wildman–Crippen MR) is 65.9 cm³/mol. The summed E-state index contributed by atoms with van der Waals surface area (Å²) in [7, 11) is -3.11. The van der Waals surface area contributed by atoms with Crippen molar-refractivity contribution in [2.75, 3.05) is 39.0 Å². The molecule has 0 saturated heterocycles. The molecule has 0 unspecified atom stereocenters. The van der Waals surface area contributed by atoms with Crippen LogP contribution in [0.25, 0.3) is 0 Å². The van der Waals surface area contributed by atoms with Crippen molar-refractivity contribution in [2.45, 2.75) is 26.8 Å². The summed E-state index contributed by atoms with van der Waals surface area (Å²) in [6.07, 6.45) is 1.22. The molecule has 0 fully saturated rings. The molecule has 0 atom stereocenters. The highest BCUT2D eigenvalue weighted by Crippen LogP contribution is 2.01. The minimum atomic E-state index is -3.11. The Morgan fingerprint density at radius 1 is 1.19 bits per heavy atom. The Bertz CT molecular complexity index is 278. The van der Waals surface area contributed by atoms with Crippen LogP contribution in [0.5, 0.6) is 0 Å². The Morgan fingerprint density at radius 2 is 1.75 bits per heavy atom. The van der Waals surface area contributed by atoms with Gasteiger partial charge in [-0.15, -0.1) is 0 Å². The monoisotopic (exact) mass is 252 g/mol. The number of nitrogens with zero attached hydrogens (tertiary/aromatic N) is 2. The molecule has 0 aliphatic heterocycles. The highest BCUT2D eigenvalue weighted by molar-refractivity contribution is 7.88. The van der Waals surface area contributed by atoms with E-state index < -0.39 is 10.0 Å². The van der Waals surface area contributed by atoms with Crippen molar-refractivity contribution in [3.8, 4) is 0 Å². The summed E-state index contributed by atoms with van der Waals surface area (Å²) in [6.45, 7) is 8.20. The third kappa shape index (κ3) is 5.79. The number of likely N-dealkylation sites (N-methyl/N-ethyl adjacent to an activating group) is 1. The Kier molecular flexibility index (Phi) is 7.14. The minimum Gasteiger partial charge on any atom is -0.395 e. The van der Waals surface area contributed by atoms with Crippen molar-refractivity contribution in [3.05, 3.63) is 0 Å². The van der Waals surface area contributed by atoms with Gasteiger partial charge in [0.2, 0.25) is 10.0 Å². The van der Waals surface area contributed by atoms with Crippen molar-refractivity contribution in [1.29, 1.82) is 0 Å². The van der Waals surface area contributed by atoms with Gasteiger partial charge in [-0.1, -0.05) is 6.92 Å². The first-order chi connectivity index (χ1) is 7.32. The molecule has 0 amide bonds. The average Bonchev–Trinajstić information content (AvgIpc) is 2.14. The minimum absolute atomic E-state index is 0.100. The molecule has 5 nitrogen and oxygen atoms in total. The number of hydrogen-bond acceptors (Lipinski definition) is 4. The first-order valence-corrected chi connectivity index (χ1v) is 7.47. The second kappa shape index (κ2) is 7.21. The summed E-state index contributed by atoms with van der Waals surface area (Å²) in [4.78, 5) is 2.06. The molecule has 0 aliphatic rings. The van der Waals surface area contributed by atoms with E-state index in [0.29, 0.717) is 32.2 Å². The summed E-state index contributed by atoms with van der Waals surface area (Å²) < 4.78 is 24.2. The molecule has 0 bridgehead atoms. The highest BCUT2D eigenvalue weighted by atomic mass is 32.2. The summed E-state index contributed by atoms with van der Waals surface area (Å²) in [5.41, 5.74) is 0. The van der Waals surface area contributed by atoms with E-state index in [0.717, 1.165) is 0 Å². The van der Waals surface area contributed by atoms with Crippen LogP contribution in [0, 0.1) is 0 Å². The Hall–Kier alpha value is -0.170. The Balaban J connectivity index is 4.28. The molecular formula is C10H24N2O3S. The zero-order valence-corrected chi connectivity index (χ0v) is 11.5. The van der Waals surface area contributed by atoms with Crippen molar-refractivity contribution in [3.63, 3.8) is 0 Å². The molecule has 0 saturated carbocycles. The van der Waals surface area contributed by atoms with E-state index >= 15 is 0 Å². The summed E-state index contributed by atoms with van der Waals surface area (Å²) >= 11 is 0. The second-order valence-electron chi connectivity index (χ2n) is 4.11. The van der Waals surface area contributed by atoms with E-state index in [2.05, 4.69) is 4.90 Å². The van der Waals surface area contributed by atoms with Crippen molar-refractivity contribution in [2.24, 2.45) is 0 Å². The van der Waals surface area contributed by atoms with Gasteiger partial charge in [0.05, 0.1) is 12.9 Å². The fourth-order valence-corrected chi connectivity index (χ4v) is 2.44. The summed E-state index contributed by atoms with van der Waals surface area (Å²) in [5, 5.41) is 8.89. The third-order valence-corrected chi connectivity index (χ3v) is 3.95. The quantitative estimate of drug-likeness (QED) is 0.659. The maximum atomic E-state index is 11.4. The van der Waals surface area contributed by atoms with Gasteiger partial charge in [0.15, 0.2) is 0 Å². The molecular weight excluding hydrogens is 228 g/mol. The topological polar surface area (TPSA) is 60.9 Å². The van der Waals surface area contributed by atoms with Crippen molar-refractivity contribution in [1.82, 2.24) is 9.21 Å². The van der Waals surface area contributed by atoms with Crippen LogP contribution in [-0.4, -0.2) is 67.8 Å². The largest absolute Gasteiger partial charge is 0.395 e. The lowest BCUT2D eigenvalue weighted by Crippen LogP contribution is -2.41. The number of aliphatic hydroxyl groups excluding tert-OH is 1. The highest BCUT2D eigenvalue weighted by Gasteiger charge is 2.16. The van der Waals surface area contributed by atoms with Crippen molar-refractivity contribution < 1.29 is 13.5 Å². The molecule has 0 aromatic rings. The van der Waals surface area contributed by atoms with E-state index in [-0.39, 0.29) is 6.61 Å². The van der Waals surface area contributed by atoms with E-state index in [4.69, 9.17) is 5.11 Å². The fraction of sp³-hybridized carbons (Fsp3) is 1.00. The molecule has 6 heteroatoms. The molecule has 0 heterocycles. The zero-order chi connectivity index (χ0) is 12.8. The summed E-state index contributed by atoms with van der Waals surface area (Å²) in [5.74, 6) is 0. The van der Waals surface area contributed by atoms with Gasteiger partial charge in [-0.25, -0.2) is 12.7 Å². The Morgan fingerprint density at radius 3 is 2.06 bits per heavy atom. The smallest absolute Gasteiger partial charge is 0.211 e. The van der Waals surface area contributed by atoms with Crippen LogP contribution in [0.3, 0.4) is 0 Å². The molecule has 98 valence electrons. The van der Waals surface area contributed by atoms with Gasteiger partial charge >= 0.3 is 0 Å². The lowest BCUT2D eigenvalue weighted by molar-refractivity contribution is 0.159. The van der Waals surface area contributed by atoms with Crippen LogP contribution >= 0.6 is 0 Å². The normalized spacial score (nSPS) is 13.0. The van der Waals surface area contributed by atoms with Gasteiger partial charge in [0.1, 0.15) is 0 Å². The van der Waals surface area contributed by atoms with E-state index in [1.807, 2.05) is 20.8 Å². The van der Waals surface area contributed by atoms with Crippen LogP contribution in [-0.2, 0) is 10.0 Å². The first kappa shape index (κ1) is 15.8. The fourth-order valence-electron chi connectivity index (χ4n) is 1.56. The number of aliphatic hydroxyl groups is 1. The number of sulfonamides is 1. The van der Waals surface area contributed by atoms with Crippen LogP contribution < -0.4 is 0 Å². The lowest BCUT2D eigenvalue weighted by Gasteiger charge is -2.28. The summed E-state index contributed by atoms with van der Waals surface area (Å²) in [6, 6.07) is 0.311. The molecule has 1 N–H and O–H groups in total. The molecule has 0 aromatic heterocycles. The molecule has 0 radical (unpaired) electrons. The van der Waals surface area contributed by atoms with Crippen LogP contribution in [0.4, 0.5) is 0 Å². The third-order valence-electron chi connectivity index (χ3n) is 2.58. The lowest BCUT2D eigenvalue weighted by atomic mass is 10.3. The van der Waals surface area contributed by atoms with Gasteiger partial charge in [0.25, 0.3) is 0 Å². The van der Waals surface area contributed by atoms with E-state index in [9.17, 15) is 8.42 Å². The molecule has 0 rings (SSSR count). The maximum Gasteiger partial charge on any atom is 0.211 e. The SMILES string of the molecule is CCN(CCN(CCO)C(C)C)S(C)(=O)=O. The number of hydrogen-bond donors (Lipinski definition) is 1. The average molecular weight is 252 g/mol. The molecule has 0 aromatic carbocycles. The van der Waals surface area contributed by atoms with Gasteiger partial charge in [-0.05, 0) is 13.8 Å². The standard InChI is InChI=1S/C10H24N2O3S/c1-5-12(16(4,14)15)7-6-11(8-9-13)10(2)3/h10,13H,5-9H2,1-4H3. The van der Waals surface area contributed by atoms with Crippen molar-refractivity contribution >= 4 is 10.0 Å².